The molecule has 112 valence electrons. The van der Waals surface area contributed by atoms with Crippen LogP contribution in [-0.2, 0) is 9.59 Å². The van der Waals surface area contributed by atoms with E-state index in [1.807, 2.05) is 18.9 Å². The summed E-state index contributed by atoms with van der Waals surface area (Å²) < 4.78 is 0. The molecule has 0 spiro atoms. The minimum atomic E-state index is -0.495. The van der Waals surface area contributed by atoms with Crippen LogP contribution in [0.4, 0.5) is 0 Å². The Balaban J connectivity index is 3.23. The SMILES string of the molecule is C=CC(=O)NN1C(C)(C)CC(C)C(C(=O)C=C)C1(C)C. The van der Waals surface area contributed by atoms with Crippen molar-refractivity contribution >= 4 is 11.7 Å². The number of nitrogens with zero attached hydrogens (tertiary/aromatic N) is 1. The lowest BCUT2D eigenvalue weighted by Crippen LogP contribution is -2.70. The molecular weight excluding hydrogens is 252 g/mol. The first-order valence-corrected chi connectivity index (χ1v) is 6.97. The minimum absolute atomic E-state index is 0.0239. The van der Waals surface area contributed by atoms with Crippen LogP contribution in [0.25, 0.3) is 0 Å². The van der Waals surface area contributed by atoms with E-state index >= 15 is 0 Å². The van der Waals surface area contributed by atoms with E-state index in [0.717, 1.165) is 6.42 Å². The van der Waals surface area contributed by atoms with E-state index in [1.165, 1.54) is 12.2 Å². The topological polar surface area (TPSA) is 49.4 Å². The molecule has 2 unspecified atom stereocenters. The van der Waals surface area contributed by atoms with Gasteiger partial charge in [0.05, 0.1) is 0 Å². The number of carbonyl (C=O) groups excluding carboxylic acids is 2. The van der Waals surface area contributed by atoms with Crippen LogP contribution in [0.3, 0.4) is 0 Å². The second-order valence-electron chi connectivity index (χ2n) is 6.75. The maximum Gasteiger partial charge on any atom is 0.257 e. The van der Waals surface area contributed by atoms with Crippen LogP contribution in [0.15, 0.2) is 25.3 Å². The summed E-state index contributed by atoms with van der Waals surface area (Å²) in [5, 5.41) is 1.90. The molecule has 0 aliphatic carbocycles. The summed E-state index contributed by atoms with van der Waals surface area (Å²) in [6.45, 7) is 17.3. The molecule has 2 atom stereocenters. The van der Waals surface area contributed by atoms with Crippen molar-refractivity contribution in [2.45, 2.75) is 52.1 Å². The summed E-state index contributed by atoms with van der Waals surface area (Å²) in [5.41, 5.74) is 2.14. The summed E-state index contributed by atoms with van der Waals surface area (Å²) in [6.07, 6.45) is 3.45. The first-order chi connectivity index (χ1) is 9.07. The van der Waals surface area contributed by atoms with Gasteiger partial charge in [-0.3, -0.25) is 15.0 Å². The quantitative estimate of drug-likeness (QED) is 0.804. The molecular formula is C16H26N2O2. The highest BCUT2D eigenvalue weighted by Crippen LogP contribution is 2.44. The Bertz CT molecular complexity index is 438. The van der Waals surface area contributed by atoms with Crippen molar-refractivity contribution in [1.29, 1.82) is 0 Å². The monoisotopic (exact) mass is 278 g/mol. The van der Waals surface area contributed by atoms with Crippen LogP contribution in [0.1, 0.15) is 41.0 Å². The van der Waals surface area contributed by atoms with Crippen LogP contribution in [0, 0.1) is 11.8 Å². The molecule has 1 aliphatic rings. The van der Waals surface area contributed by atoms with E-state index in [0.29, 0.717) is 0 Å². The average molecular weight is 278 g/mol. The van der Waals surface area contributed by atoms with E-state index < -0.39 is 5.54 Å². The Morgan fingerprint density at radius 3 is 2.20 bits per heavy atom. The highest BCUT2D eigenvalue weighted by molar-refractivity contribution is 5.92. The summed E-state index contributed by atoms with van der Waals surface area (Å²) in [4.78, 5) is 23.9. The van der Waals surface area contributed by atoms with Gasteiger partial charge in [0.25, 0.3) is 5.91 Å². The van der Waals surface area contributed by atoms with Gasteiger partial charge in [0.1, 0.15) is 0 Å². The van der Waals surface area contributed by atoms with Gasteiger partial charge in [-0.25, -0.2) is 5.01 Å². The van der Waals surface area contributed by atoms with Crippen molar-refractivity contribution < 1.29 is 9.59 Å². The van der Waals surface area contributed by atoms with Gasteiger partial charge in [-0.15, -0.1) is 0 Å². The van der Waals surface area contributed by atoms with Crippen molar-refractivity contribution in [3.05, 3.63) is 25.3 Å². The summed E-state index contributed by atoms with van der Waals surface area (Å²) in [7, 11) is 0. The van der Waals surface area contributed by atoms with Crippen LogP contribution < -0.4 is 5.43 Å². The molecule has 20 heavy (non-hydrogen) atoms. The normalized spacial score (nSPS) is 28.4. The number of hydrogen-bond acceptors (Lipinski definition) is 3. The minimum Gasteiger partial charge on any atom is -0.294 e. The maximum absolute atomic E-state index is 12.2. The largest absolute Gasteiger partial charge is 0.294 e. The van der Waals surface area contributed by atoms with Gasteiger partial charge >= 0.3 is 0 Å². The predicted molar refractivity (Wildman–Crippen MR) is 80.8 cm³/mol. The van der Waals surface area contributed by atoms with Crippen LogP contribution in [0.2, 0.25) is 0 Å². The standard InChI is InChI=1S/C16H26N2O2/c1-8-12(19)14-11(3)10-15(4,5)18(16(14,6)7)17-13(20)9-2/h8-9,11,14H,1-2,10H2,3-7H3,(H,17,20). The van der Waals surface area contributed by atoms with E-state index in [2.05, 4.69) is 39.4 Å². The number of rotatable bonds is 4. The zero-order valence-electron chi connectivity index (χ0n) is 13.2. The van der Waals surface area contributed by atoms with Gasteiger partial charge < -0.3 is 0 Å². The Kier molecular flexibility index (Phi) is 4.59. The van der Waals surface area contributed by atoms with Crippen LogP contribution in [-0.4, -0.2) is 27.8 Å². The molecule has 0 aromatic rings. The van der Waals surface area contributed by atoms with Crippen molar-refractivity contribution in [3.8, 4) is 0 Å². The van der Waals surface area contributed by atoms with E-state index in [-0.39, 0.29) is 29.1 Å². The van der Waals surface area contributed by atoms with E-state index in [4.69, 9.17) is 0 Å². The molecule has 1 aliphatic heterocycles. The Morgan fingerprint density at radius 2 is 1.75 bits per heavy atom. The number of ketones is 1. The van der Waals surface area contributed by atoms with Gasteiger partial charge in [-0.2, -0.15) is 0 Å². The molecule has 0 radical (unpaired) electrons. The molecule has 0 aromatic heterocycles. The summed E-state index contributed by atoms with van der Waals surface area (Å²) in [5.74, 6) is -0.207. The third-order valence-electron chi connectivity index (χ3n) is 4.25. The zero-order chi connectivity index (χ0) is 15.7. The van der Waals surface area contributed by atoms with E-state index in [9.17, 15) is 9.59 Å². The third kappa shape index (κ3) is 2.85. The van der Waals surface area contributed by atoms with Crippen LogP contribution >= 0.6 is 0 Å². The molecule has 0 aromatic carbocycles. The van der Waals surface area contributed by atoms with Crippen molar-refractivity contribution in [2.24, 2.45) is 11.8 Å². The predicted octanol–water partition coefficient (Wildman–Crippen LogP) is 2.47. The number of carbonyl (C=O) groups is 2. The second kappa shape index (κ2) is 5.52. The second-order valence-corrected chi connectivity index (χ2v) is 6.75. The molecule has 1 saturated heterocycles. The first-order valence-electron chi connectivity index (χ1n) is 6.97. The Morgan fingerprint density at radius 1 is 1.20 bits per heavy atom. The highest BCUT2D eigenvalue weighted by atomic mass is 16.2. The fraction of sp³-hybridized carbons (Fsp3) is 0.625. The maximum atomic E-state index is 12.2. The molecule has 0 bridgehead atoms. The highest BCUT2D eigenvalue weighted by Gasteiger charge is 2.53. The summed E-state index contributed by atoms with van der Waals surface area (Å²) in [6, 6.07) is 0. The molecule has 4 heteroatoms. The van der Waals surface area contributed by atoms with Gasteiger partial charge in [-0.1, -0.05) is 20.1 Å². The first kappa shape index (κ1) is 16.6. The van der Waals surface area contributed by atoms with Gasteiger partial charge in [0.15, 0.2) is 5.78 Å². The molecule has 1 heterocycles. The van der Waals surface area contributed by atoms with Crippen molar-refractivity contribution in [2.75, 3.05) is 0 Å². The van der Waals surface area contributed by atoms with Gasteiger partial charge in [-0.05, 0) is 52.2 Å². The number of piperidine rings is 1. The van der Waals surface area contributed by atoms with Gasteiger partial charge in [0.2, 0.25) is 0 Å². The van der Waals surface area contributed by atoms with Crippen molar-refractivity contribution in [3.63, 3.8) is 0 Å². The molecule has 4 nitrogen and oxygen atoms in total. The molecule has 0 saturated carbocycles. The third-order valence-corrected chi connectivity index (χ3v) is 4.25. The molecule has 1 rings (SSSR count). The average Bonchev–Trinajstić information content (AvgIpc) is 2.32. The van der Waals surface area contributed by atoms with Crippen molar-refractivity contribution in [1.82, 2.24) is 10.4 Å². The van der Waals surface area contributed by atoms with Crippen LogP contribution in [0.5, 0.6) is 0 Å². The number of hydrogen-bond donors (Lipinski definition) is 1. The van der Waals surface area contributed by atoms with Gasteiger partial charge in [0, 0.05) is 17.0 Å². The molecule has 1 amide bonds. The van der Waals surface area contributed by atoms with E-state index in [1.54, 1.807) is 0 Å². The Hall–Kier alpha value is -1.42. The Labute approximate surface area is 121 Å². The lowest BCUT2D eigenvalue weighted by molar-refractivity contribution is -0.157. The lowest BCUT2D eigenvalue weighted by Gasteiger charge is -2.57. The molecule has 1 N–H and O–H groups in total. The lowest BCUT2D eigenvalue weighted by atomic mass is 9.66. The zero-order valence-corrected chi connectivity index (χ0v) is 13.2. The number of amides is 1. The number of hydrazine groups is 1. The molecule has 1 fully saturated rings. The number of nitrogens with one attached hydrogen (secondary N) is 1. The smallest absolute Gasteiger partial charge is 0.257 e. The fourth-order valence-electron chi connectivity index (χ4n) is 3.82. The number of allylic oxidation sites excluding steroid dienone is 1. The summed E-state index contributed by atoms with van der Waals surface area (Å²) >= 11 is 0. The fourth-order valence-corrected chi connectivity index (χ4v) is 3.82.